The van der Waals surface area contributed by atoms with E-state index in [1.165, 1.54) is 0 Å². The summed E-state index contributed by atoms with van der Waals surface area (Å²) in [5.41, 5.74) is 1.48. The number of benzene rings is 1. The van der Waals surface area contributed by atoms with Gasteiger partial charge < -0.3 is 18.8 Å². The van der Waals surface area contributed by atoms with Gasteiger partial charge in [0.15, 0.2) is 0 Å². The molecule has 3 aromatic rings. The zero-order valence-electron chi connectivity index (χ0n) is 19.8. The molecule has 1 N–H and O–H groups in total. The maximum absolute atomic E-state index is 15.2. The lowest BCUT2D eigenvalue weighted by Gasteiger charge is -2.32. The third-order valence-electron chi connectivity index (χ3n) is 6.32. The van der Waals surface area contributed by atoms with Crippen molar-refractivity contribution in [3.63, 3.8) is 0 Å². The van der Waals surface area contributed by atoms with Crippen molar-refractivity contribution in [2.24, 2.45) is 0 Å². The Morgan fingerprint density at radius 2 is 1.97 bits per heavy atom. The van der Waals surface area contributed by atoms with E-state index in [0.29, 0.717) is 24.5 Å². The molecule has 1 saturated carbocycles. The summed E-state index contributed by atoms with van der Waals surface area (Å²) in [7, 11) is -2.89. The number of ether oxygens (including phenoxy) is 2. The van der Waals surface area contributed by atoms with Crippen LogP contribution in [0.5, 0.6) is 0 Å². The first-order valence-electron chi connectivity index (χ1n) is 11.6. The summed E-state index contributed by atoms with van der Waals surface area (Å²) in [5.74, 6) is -2.10. The number of nitrogens with zero attached hydrogens (tertiary/aromatic N) is 3. The number of imidazole rings is 1. The molecule has 12 heteroatoms. The van der Waals surface area contributed by atoms with Gasteiger partial charge >= 0.3 is 6.09 Å². The van der Waals surface area contributed by atoms with Crippen LogP contribution < -0.4 is 4.72 Å². The maximum Gasteiger partial charge on any atom is 0.410 e. The fourth-order valence-corrected chi connectivity index (χ4v) is 5.02. The van der Waals surface area contributed by atoms with E-state index in [-0.39, 0.29) is 24.8 Å². The average molecular weight is 521 g/mol. The minimum absolute atomic E-state index is 0.0203. The Morgan fingerprint density at radius 1 is 1.25 bits per heavy atom. The molecule has 1 aromatic carbocycles. The van der Waals surface area contributed by atoms with Gasteiger partial charge in [-0.1, -0.05) is 0 Å². The average Bonchev–Trinajstić information content (AvgIpc) is 3.59. The van der Waals surface area contributed by atoms with Crippen molar-refractivity contribution in [3.05, 3.63) is 53.4 Å². The number of sulfonamides is 1. The summed E-state index contributed by atoms with van der Waals surface area (Å²) in [4.78, 5) is 18.0. The number of hydrogen-bond acceptors (Lipinski definition) is 6. The van der Waals surface area contributed by atoms with Crippen molar-refractivity contribution in [1.29, 1.82) is 0 Å². The molecule has 1 atom stereocenters. The number of fused-ring (bicyclic) bond motifs is 1. The number of aromatic nitrogens is 2. The van der Waals surface area contributed by atoms with E-state index in [1.807, 2.05) is 13.0 Å². The monoisotopic (exact) mass is 520 g/mol. The Kier molecular flexibility index (Phi) is 6.43. The van der Waals surface area contributed by atoms with Crippen LogP contribution in [0.2, 0.25) is 0 Å². The normalized spacial score (nSPS) is 18.6. The predicted molar refractivity (Wildman–Crippen MR) is 126 cm³/mol. The minimum Gasteiger partial charge on any atom is -0.446 e. The Hall–Kier alpha value is -3.09. The highest BCUT2D eigenvalue weighted by atomic mass is 32.2. The van der Waals surface area contributed by atoms with Gasteiger partial charge in [-0.2, -0.15) is 0 Å². The third kappa shape index (κ3) is 4.80. The predicted octanol–water partition coefficient (Wildman–Crippen LogP) is 3.04. The quantitative estimate of drug-likeness (QED) is 0.536. The Bertz CT molecular complexity index is 1410. The molecule has 3 heterocycles. The van der Waals surface area contributed by atoms with Crippen LogP contribution in [0.1, 0.15) is 24.1 Å². The molecule has 9 nitrogen and oxygen atoms in total. The second-order valence-corrected chi connectivity index (χ2v) is 10.9. The van der Waals surface area contributed by atoms with Crippen molar-refractivity contribution in [2.45, 2.75) is 43.3 Å². The van der Waals surface area contributed by atoms with Crippen LogP contribution >= 0.6 is 0 Å². The Labute approximate surface area is 207 Å². The van der Waals surface area contributed by atoms with Crippen LogP contribution in [0.15, 0.2) is 35.4 Å². The van der Waals surface area contributed by atoms with Gasteiger partial charge in [0.2, 0.25) is 10.0 Å². The standard InChI is InChI=1S/C24H26F2N4O5S/c1-14-5-6-30-20(10-16-13-29(7-8-34-16)24(31)35-15-3-4-15)23(28-21(30)9-14)22-18(25)11-17(12-19(22)26)36(32,33)27-2/h5-6,9,11-12,15-16,27H,3-4,7-8,10,13H2,1-2H3/t16-/m0/s1. The number of halogens is 2. The van der Waals surface area contributed by atoms with E-state index < -0.39 is 44.3 Å². The molecule has 0 bridgehead atoms. The zero-order valence-corrected chi connectivity index (χ0v) is 20.6. The van der Waals surface area contributed by atoms with Crippen LogP contribution in [0.25, 0.3) is 16.9 Å². The highest BCUT2D eigenvalue weighted by Gasteiger charge is 2.33. The molecule has 5 rings (SSSR count). The molecular formula is C24H26F2N4O5S. The van der Waals surface area contributed by atoms with Gasteiger partial charge in [0.1, 0.15) is 23.4 Å². The fourth-order valence-electron chi connectivity index (χ4n) is 4.27. The number of hydrogen-bond donors (Lipinski definition) is 1. The number of pyridine rings is 1. The highest BCUT2D eigenvalue weighted by Crippen LogP contribution is 2.33. The number of amides is 1. The number of aryl methyl sites for hydroxylation is 1. The van der Waals surface area contributed by atoms with Crippen LogP contribution in [-0.2, 0) is 25.9 Å². The van der Waals surface area contributed by atoms with E-state index >= 15 is 8.78 Å². The molecule has 192 valence electrons. The molecule has 1 aliphatic carbocycles. The van der Waals surface area contributed by atoms with Crippen LogP contribution in [0, 0.1) is 18.6 Å². The molecule has 0 radical (unpaired) electrons. The Balaban J connectivity index is 1.53. The first kappa shape index (κ1) is 24.6. The highest BCUT2D eigenvalue weighted by molar-refractivity contribution is 7.89. The van der Waals surface area contributed by atoms with E-state index in [0.717, 1.165) is 37.6 Å². The molecule has 36 heavy (non-hydrogen) atoms. The number of rotatable bonds is 6. The summed E-state index contributed by atoms with van der Waals surface area (Å²) in [5, 5.41) is 0. The summed E-state index contributed by atoms with van der Waals surface area (Å²) in [6.45, 7) is 2.83. The molecule has 0 unspecified atom stereocenters. The lowest BCUT2D eigenvalue weighted by Crippen LogP contribution is -2.46. The van der Waals surface area contributed by atoms with Gasteiger partial charge in [0, 0.05) is 19.2 Å². The van der Waals surface area contributed by atoms with E-state index in [2.05, 4.69) is 9.71 Å². The zero-order chi connectivity index (χ0) is 25.6. The second-order valence-electron chi connectivity index (χ2n) is 9.03. The summed E-state index contributed by atoms with van der Waals surface area (Å²) in [6, 6.07) is 5.17. The molecule has 1 saturated heterocycles. The van der Waals surface area contributed by atoms with Crippen LogP contribution in [0.4, 0.5) is 13.6 Å². The fraction of sp³-hybridized carbons (Fsp3) is 0.417. The van der Waals surface area contributed by atoms with Crippen molar-refractivity contribution >= 4 is 21.8 Å². The molecule has 1 aliphatic heterocycles. The molecular weight excluding hydrogens is 494 g/mol. The summed E-state index contributed by atoms with van der Waals surface area (Å²) < 4.78 is 69.7. The first-order valence-corrected chi connectivity index (χ1v) is 13.1. The van der Waals surface area contributed by atoms with Crippen LogP contribution in [0.3, 0.4) is 0 Å². The minimum atomic E-state index is -4.05. The summed E-state index contributed by atoms with van der Waals surface area (Å²) in [6.07, 6.45) is 2.84. The lowest BCUT2D eigenvalue weighted by atomic mass is 10.0. The van der Waals surface area contributed by atoms with Gasteiger partial charge in [0.25, 0.3) is 0 Å². The van der Waals surface area contributed by atoms with E-state index in [9.17, 15) is 13.2 Å². The van der Waals surface area contributed by atoms with E-state index in [1.54, 1.807) is 21.6 Å². The molecule has 2 fully saturated rings. The molecule has 1 amide bonds. The summed E-state index contributed by atoms with van der Waals surface area (Å²) >= 11 is 0. The van der Waals surface area contributed by atoms with Crippen molar-refractivity contribution in [1.82, 2.24) is 19.0 Å². The Morgan fingerprint density at radius 3 is 2.64 bits per heavy atom. The maximum atomic E-state index is 15.2. The smallest absolute Gasteiger partial charge is 0.410 e. The van der Waals surface area contributed by atoms with Crippen LogP contribution in [-0.4, -0.2) is 67.7 Å². The van der Waals surface area contributed by atoms with Gasteiger partial charge in [-0.05, 0) is 56.6 Å². The van der Waals surface area contributed by atoms with Crippen molar-refractivity contribution in [2.75, 3.05) is 26.7 Å². The van der Waals surface area contributed by atoms with Crippen molar-refractivity contribution in [3.8, 4) is 11.3 Å². The van der Waals surface area contributed by atoms with Gasteiger partial charge in [-0.15, -0.1) is 0 Å². The SMILES string of the molecule is CNS(=O)(=O)c1cc(F)c(-c2nc3cc(C)ccn3c2C[C@H]2CN(C(=O)OC3CC3)CCO2)c(F)c1. The number of morpholine rings is 1. The van der Waals surface area contributed by atoms with Gasteiger partial charge in [-0.25, -0.2) is 31.7 Å². The molecule has 2 aliphatic rings. The molecule has 2 aromatic heterocycles. The number of carbonyl (C=O) groups is 1. The third-order valence-corrected chi connectivity index (χ3v) is 7.72. The largest absolute Gasteiger partial charge is 0.446 e. The van der Waals surface area contributed by atoms with E-state index in [4.69, 9.17) is 9.47 Å². The van der Waals surface area contributed by atoms with Crippen molar-refractivity contribution < 1.29 is 31.5 Å². The van der Waals surface area contributed by atoms with Gasteiger partial charge in [0.05, 0.1) is 41.1 Å². The van der Waals surface area contributed by atoms with Gasteiger partial charge in [-0.3, -0.25) is 0 Å². The number of carbonyl (C=O) groups excluding carboxylic acids is 1. The first-order chi connectivity index (χ1) is 17.2. The lowest BCUT2D eigenvalue weighted by molar-refractivity contribution is -0.0279. The second kappa shape index (κ2) is 9.41. The topological polar surface area (TPSA) is 102 Å². The number of nitrogens with one attached hydrogen (secondary N) is 1. The molecule has 0 spiro atoms.